The van der Waals surface area contributed by atoms with Crippen molar-refractivity contribution in [2.45, 2.75) is 57.9 Å². The zero-order chi connectivity index (χ0) is 20.0. The smallest absolute Gasteiger partial charge is 0.422 e. The number of ether oxygens (including phenoxy) is 2. The first-order valence-electron chi connectivity index (χ1n) is 8.82. The van der Waals surface area contributed by atoms with Gasteiger partial charge in [-0.2, -0.15) is 13.2 Å². The van der Waals surface area contributed by atoms with E-state index in [0.29, 0.717) is 5.92 Å². The molecule has 1 aromatic rings. The summed E-state index contributed by atoms with van der Waals surface area (Å²) in [6.45, 7) is 2.07. The number of aromatic nitrogens is 1. The monoisotopic (exact) mass is 388 g/mol. The van der Waals surface area contributed by atoms with Gasteiger partial charge in [-0.15, -0.1) is 0 Å². The maximum Gasteiger partial charge on any atom is 0.422 e. The zero-order valence-corrected chi connectivity index (χ0v) is 15.2. The van der Waals surface area contributed by atoms with Crippen molar-refractivity contribution in [3.8, 4) is 5.88 Å². The van der Waals surface area contributed by atoms with Gasteiger partial charge in [0, 0.05) is 18.3 Å². The molecule has 1 saturated carbocycles. The van der Waals surface area contributed by atoms with Gasteiger partial charge in [-0.25, -0.2) is 9.78 Å². The molecular weight excluding hydrogens is 365 g/mol. The minimum Gasteiger partial charge on any atom is -0.468 e. The molecular formula is C18H23F3N2O4. The SMILES string of the molecule is CC(OC(=O)c1ccc(OCC(F)(F)F)nc1)C(=O)NC1CCCCC1C. The molecule has 1 N–H and O–H groups in total. The second-order valence-corrected chi connectivity index (χ2v) is 6.71. The Kier molecular flexibility index (Phi) is 7.04. The molecule has 6 nitrogen and oxygen atoms in total. The van der Waals surface area contributed by atoms with E-state index in [2.05, 4.69) is 22.0 Å². The quantitative estimate of drug-likeness (QED) is 0.757. The lowest BCUT2D eigenvalue weighted by atomic mass is 9.86. The van der Waals surface area contributed by atoms with Crippen LogP contribution >= 0.6 is 0 Å². The Bertz CT molecular complexity index is 649. The van der Waals surface area contributed by atoms with E-state index >= 15 is 0 Å². The third-order valence-electron chi connectivity index (χ3n) is 4.45. The van der Waals surface area contributed by atoms with Gasteiger partial charge < -0.3 is 14.8 Å². The van der Waals surface area contributed by atoms with E-state index in [1.165, 1.54) is 13.0 Å². The summed E-state index contributed by atoms with van der Waals surface area (Å²) in [6.07, 6.45) is -0.275. The summed E-state index contributed by atoms with van der Waals surface area (Å²) in [4.78, 5) is 27.9. The van der Waals surface area contributed by atoms with Gasteiger partial charge in [-0.3, -0.25) is 4.79 Å². The summed E-state index contributed by atoms with van der Waals surface area (Å²) >= 11 is 0. The molecule has 0 saturated heterocycles. The Morgan fingerprint density at radius 2 is 2.00 bits per heavy atom. The van der Waals surface area contributed by atoms with E-state index in [0.717, 1.165) is 37.9 Å². The van der Waals surface area contributed by atoms with Gasteiger partial charge in [-0.05, 0) is 31.7 Å². The molecule has 1 amide bonds. The second-order valence-electron chi connectivity index (χ2n) is 6.71. The molecule has 0 bridgehead atoms. The number of nitrogens with one attached hydrogen (secondary N) is 1. The fourth-order valence-electron chi connectivity index (χ4n) is 2.86. The van der Waals surface area contributed by atoms with Crippen LogP contribution in [-0.2, 0) is 9.53 Å². The predicted molar refractivity (Wildman–Crippen MR) is 90.2 cm³/mol. The van der Waals surface area contributed by atoms with Crippen LogP contribution in [0.1, 0.15) is 49.9 Å². The van der Waals surface area contributed by atoms with Crippen LogP contribution in [-0.4, -0.2) is 41.8 Å². The Labute approximate surface area is 155 Å². The molecule has 1 aliphatic rings. The van der Waals surface area contributed by atoms with Crippen molar-refractivity contribution in [1.29, 1.82) is 0 Å². The number of alkyl halides is 3. The molecule has 9 heteroatoms. The van der Waals surface area contributed by atoms with Crippen molar-refractivity contribution in [2.24, 2.45) is 5.92 Å². The van der Waals surface area contributed by atoms with Gasteiger partial charge in [0.05, 0.1) is 5.56 Å². The van der Waals surface area contributed by atoms with Gasteiger partial charge in [0.25, 0.3) is 5.91 Å². The molecule has 3 unspecified atom stereocenters. The van der Waals surface area contributed by atoms with E-state index in [4.69, 9.17) is 4.74 Å². The highest BCUT2D eigenvalue weighted by Crippen LogP contribution is 2.24. The summed E-state index contributed by atoms with van der Waals surface area (Å²) in [5, 5.41) is 2.91. The number of carbonyl (C=O) groups excluding carboxylic acids is 2. The number of halogens is 3. The molecule has 0 aliphatic heterocycles. The number of rotatable bonds is 6. The summed E-state index contributed by atoms with van der Waals surface area (Å²) < 4.78 is 45.9. The van der Waals surface area contributed by atoms with Crippen LogP contribution in [0.4, 0.5) is 13.2 Å². The lowest BCUT2D eigenvalue weighted by Gasteiger charge is -2.30. The number of amides is 1. The number of pyridine rings is 1. The van der Waals surface area contributed by atoms with Crippen molar-refractivity contribution >= 4 is 11.9 Å². The normalized spacial score (nSPS) is 21.2. The highest BCUT2D eigenvalue weighted by Gasteiger charge is 2.29. The van der Waals surface area contributed by atoms with Crippen LogP contribution < -0.4 is 10.1 Å². The Hall–Kier alpha value is -2.32. The van der Waals surface area contributed by atoms with Gasteiger partial charge in [0.2, 0.25) is 5.88 Å². The average Bonchev–Trinajstić information content (AvgIpc) is 2.61. The first-order valence-corrected chi connectivity index (χ1v) is 8.82. The standard InChI is InChI=1S/C18H23F3N2O4/c1-11-5-3-4-6-14(11)23-16(24)12(2)27-17(25)13-7-8-15(22-9-13)26-10-18(19,20)21/h7-9,11-12,14H,3-6,10H2,1-2H3,(H,23,24). The molecule has 27 heavy (non-hydrogen) atoms. The Morgan fingerprint density at radius 1 is 1.30 bits per heavy atom. The molecule has 1 heterocycles. The largest absolute Gasteiger partial charge is 0.468 e. The van der Waals surface area contributed by atoms with E-state index in [1.54, 1.807) is 0 Å². The highest BCUT2D eigenvalue weighted by molar-refractivity contribution is 5.92. The highest BCUT2D eigenvalue weighted by atomic mass is 19.4. The third kappa shape index (κ3) is 6.73. The van der Waals surface area contributed by atoms with Crippen LogP contribution in [0.2, 0.25) is 0 Å². The molecule has 0 aromatic carbocycles. The van der Waals surface area contributed by atoms with Crippen molar-refractivity contribution in [3.63, 3.8) is 0 Å². The first-order chi connectivity index (χ1) is 12.7. The van der Waals surface area contributed by atoms with E-state index < -0.39 is 24.9 Å². The van der Waals surface area contributed by atoms with Crippen LogP contribution in [0.15, 0.2) is 18.3 Å². The zero-order valence-electron chi connectivity index (χ0n) is 15.2. The molecule has 0 spiro atoms. The number of esters is 1. The van der Waals surface area contributed by atoms with E-state index in [9.17, 15) is 22.8 Å². The third-order valence-corrected chi connectivity index (χ3v) is 4.45. The van der Waals surface area contributed by atoms with Crippen LogP contribution in [0.25, 0.3) is 0 Å². The number of hydrogen-bond acceptors (Lipinski definition) is 5. The van der Waals surface area contributed by atoms with E-state index in [1.807, 2.05) is 0 Å². The molecule has 150 valence electrons. The van der Waals surface area contributed by atoms with Crippen molar-refractivity contribution < 1.29 is 32.2 Å². The molecule has 1 fully saturated rings. The summed E-state index contributed by atoms with van der Waals surface area (Å²) in [5.41, 5.74) is 0.0139. The van der Waals surface area contributed by atoms with Crippen molar-refractivity contribution in [1.82, 2.24) is 10.3 Å². The summed E-state index contributed by atoms with van der Waals surface area (Å²) in [5.74, 6) is -1.05. The van der Waals surface area contributed by atoms with Crippen LogP contribution in [0.5, 0.6) is 5.88 Å². The Balaban J connectivity index is 1.85. The number of carbonyl (C=O) groups is 2. The lowest BCUT2D eigenvalue weighted by Crippen LogP contribution is -2.46. The van der Waals surface area contributed by atoms with Crippen molar-refractivity contribution in [3.05, 3.63) is 23.9 Å². The molecule has 2 rings (SSSR count). The summed E-state index contributed by atoms with van der Waals surface area (Å²) in [7, 11) is 0. The van der Waals surface area contributed by atoms with Gasteiger partial charge in [0.1, 0.15) is 0 Å². The maximum atomic E-state index is 12.2. The minimum atomic E-state index is -4.47. The average molecular weight is 388 g/mol. The van der Waals surface area contributed by atoms with Crippen LogP contribution in [0, 0.1) is 5.92 Å². The second kappa shape index (κ2) is 9.05. The molecule has 1 aromatic heterocycles. The van der Waals surface area contributed by atoms with Crippen molar-refractivity contribution in [2.75, 3.05) is 6.61 Å². The fraction of sp³-hybridized carbons (Fsp3) is 0.611. The predicted octanol–water partition coefficient (Wildman–Crippen LogP) is 3.26. The van der Waals surface area contributed by atoms with Crippen LogP contribution in [0.3, 0.4) is 0 Å². The topological polar surface area (TPSA) is 77.5 Å². The molecule has 1 aliphatic carbocycles. The number of hydrogen-bond donors (Lipinski definition) is 1. The Morgan fingerprint density at radius 3 is 2.59 bits per heavy atom. The number of nitrogens with zero attached hydrogens (tertiary/aromatic N) is 1. The summed E-state index contributed by atoms with van der Waals surface area (Å²) in [6, 6.07) is 2.44. The van der Waals surface area contributed by atoms with Gasteiger partial charge in [-0.1, -0.05) is 19.8 Å². The lowest BCUT2D eigenvalue weighted by molar-refractivity contribution is -0.154. The molecule has 3 atom stereocenters. The molecule has 0 radical (unpaired) electrons. The first kappa shape index (κ1) is 21.0. The van der Waals surface area contributed by atoms with E-state index in [-0.39, 0.29) is 23.4 Å². The maximum absolute atomic E-state index is 12.2. The van der Waals surface area contributed by atoms with Gasteiger partial charge >= 0.3 is 12.1 Å². The van der Waals surface area contributed by atoms with Gasteiger partial charge in [0.15, 0.2) is 12.7 Å². The fourth-order valence-corrected chi connectivity index (χ4v) is 2.86. The minimum absolute atomic E-state index is 0.0139.